The van der Waals surface area contributed by atoms with Gasteiger partial charge in [-0.3, -0.25) is 4.79 Å². The molecular weight excluding hydrogens is 294 g/mol. The zero-order valence-corrected chi connectivity index (χ0v) is 12.4. The van der Waals surface area contributed by atoms with Crippen LogP contribution in [0.1, 0.15) is 18.1 Å². The molecule has 5 heteroatoms. The van der Waals surface area contributed by atoms with Crippen LogP contribution >= 0.6 is 0 Å². The highest BCUT2D eigenvalue weighted by Gasteiger charge is 2.24. The van der Waals surface area contributed by atoms with Gasteiger partial charge in [-0.25, -0.2) is 9.79 Å². The Hall–Kier alpha value is -3.21. The molecule has 3 rings (SSSR count). The Morgan fingerprint density at radius 1 is 1.09 bits per heavy atom. The first kappa shape index (κ1) is 14.7. The molecule has 0 saturated carbocycles. The first-order valence-electron chi connectivity index (χ1n) is 6.99. The first-order chi connectivity index (χ1) is 11.1. The van der Waals surface area contributed by atoms with E-state index in [4.69, 9.17) is 9.47 Å². The SMILES string of the molecule is CC(=O)Oc1ccccc1/C=C1\N=C(c2ccccc2)OC1=O. The van der Waals surface area contributed by atoms with E-state index in [9.17, 15) is 9.59 Å². The molecule has 0 amide bonds. The van der Waals surface area contributed by atoms with Gasteiger partial charge in [-0.05, 0) is 24.3 Å². The fourth-order valence-electron chi connectivity index (χ4n) is 2.11. The highest BCUT2D eigenvalue weighted by molar-refractivity contribution is 6.12. The number of para-hydroxylation sites is 1. The smallest absolute Gasteiger partial charge is 0.363 e. The number of carbonyl (C=O) groups excluding carboxylic acids is 2. The van der Waals surface area contributed by atoms with E-state index in [0.717, 1.165) is 5.56 Å². The standard InChI is InChI=1S/C18H13NO4/c1-12(20)22-16-10-6-5-9-14(16)11-15-18(21)23-17(19-15)13-7-3-2-4-8-13/h2-11H,1H3/b15-11-. The number of rotatable bonds is 3. The molecule has 0 aliphatic carbocycles. The topological polar surface area (TPSA) is 65.0 Å². The van der Waals surface area contributed by atoms with Crippen molar-refractivity contribution in [3.63, 3.8) is 0 Å². The van der Waals surface area contributed by atoms with Crippen LogP contribution in [0.3, 0.4) is 0 Å². The Morgan fingerprint density at radius 2 is 1.78 bits per heavy atom. The normalized spacial score (nSPS) is 15.3. The quantitative estimate of drug-likeness (QED) is 0.497. The van der Waals surface area contributed by atoms with Gasteiger partial charge in [0.15, 0.2) is 5.70 Å². The average molecular weight is 307 g/mol. The van der Waals surface area contributed by atoms with Gasteiger partial charge in [0.2, 0.25) is 5.90 Å². The number of aliphatic imine (C=N–C) groups is 1. The predicted molar refractivity (Wildman–Crippen MR) is 84.8 cm³/mol. The summed E-state index contributed by atoms with van der Waals surface area (Å²) in [6.07, 6.45) is 1.54. The number of nitrogens with zero attached hydrogens (tertiary/aromatic N) is 1. The Morgan fingerprint density at radius 3 is 2.52 bits per heavy atom. The summed E-state index contributed by atoms with van der Waals surface area (Å²) in [6.45, 7) is 1.32. The summed E-state index contributed by atoms with van der Waals surface area (Å²) >= 11 is 0. The highest BCUT2D eigenvalue weighted by Crippen LogP contribution is 2.24. The minimum absolute atomic E-state index is 0.156. The van der Waals surface area contributed by atoms with E-state index in [1.165, 1.54) is 13.0 Å². The van der Waals surface area contributed by atoms with Gasteiger partial charge in [0.1, 0.15) is 5.75 Å². The van der Waals surface area contributed by atoms with Crippen LogP contribution in [0.4, 0.5) is 0 Å². The molecule has 0 saturated heterocycles. The lowest BCUT2D eigenvalue weighted by Crippen LogP contribution is -2.05. The van der Waals surface area contributed by atoms with Gasteiger partial charge in [-0.1, -0.05) is 36.4 Å². The van der Waals surface area contributed by atoms with Crippen LogP contribution < -0.4 is 4.74 Å². The van der Waals surface area contributed by atoms with Crippen LogP contribution in [-0.4, -0.2) is 17.8 Å². The van der Waals surface area contributed by atoms with Crippen molar-refractivity contribution in [1.82, 2.24) is 0 Å². The third-order valence-corrected chi connectivity index (χ3v) is 3.11. The van der Waals surface area contributed by atoms with Crippen LogP contribution in [0.25, 0.3) is 6.08 Å². The Balaban J connectivity index is 1.95. The molecule has 0 fully saturated rings. The van der Waals surface area contributed by atoms with E-state index in [1.54, 1.807) is 24.3 Å². The maximum Gasteiger partial charge on any atom is 0.363 e. The molecule has 23 heavy (non-hydrogen) atoms. The fourth-order valence-corrected chi connectivity index (χ4v) is 2.11. The number of carbonyl (C=O) groups is 2. The molecule has 0 N–H and O–H groups in total. The van der Waals surface area contributed by atoms with Crippen molar-refractivity contribution in [2.45, 2.75) is 6.92 Å². The molecular formula is C18H13NO4. The predicted octanol–water partition coefficient (Wildman–Crippen LogP) is 2.96. The maximum absolute atomic E-state index is 12.0. The molecule has 0 spiro atoms. The summed E-state index contributed by atoms with van der Waals surface area (Å²) in [5.41, 5.74) is 1.45. The molecule has 1 heterocycles. The number of ether oxygens (including phenoxy) is 2. The highest BCUT2D eigenvalue weighted by atomic mass is 16.6. The third kappa shape index (κ3) is 3.35. The van der Waals surface area contributed by atoms with E-state index in [1.807, 2.05) is 30.3 Å². The van der Waals surface area contributed by atoms with Crippen LogP contribution in [0.5, 0.6) is 5.75 Å². The number of hydrogen-bond acceptors (Lipinski definition) is 5. The summed E-state index contributed by atoms with van der Waals surface area (Å²) < 4.78 is 10.3. The van der Waals surface area contributed by atoms with E-state index in [2.05, 4.69) is 4.99 Å². The minimum Gasteiger partial charge on any atom is -0.426 e. The summed E-state index contributed by atoms with van der Waals surface area (Å²) in [4.78, 5) is 27.3. The zero-order valence-electron chi connectivity index (χ0n) is 12.4. The largest absolute Gasteiger partial charge is 0.426 e. The summed E-state index contributed by atoms with van der Waals surface area (Å²) in [6, 6.07) is 16.1. The number of esters is 2. The summed E-state index contributed by atoms with van der Waals surface area (Å²) in [5, 5.41) is 0. The first-order valence-corrected chi connectivity index (χ1v) is 6.99. The van der Waals surface area contributed by atoms with Gasteiger partial charge in [0, 0.05) is 18.1 Å². The van der Waals surface area contributed by atoms with Crippen molar-refractivity contribution in [1.29, 1.82) is 0 Å². The summed E-state index contributed by atoms with van der Waals surface area (Å²) in [7, 11) is 0. The molecule has 0 atom stereocenters. The van der Waals surface area contributed by atoms with Crippen LogP contribution in [0.2, 0.25) is 0 Å². The molecule has 5 nitrogen and oxygen atoms in total. The molecule has 2 aromatic rings. The Bertz CT molecular complexity index is 822. The second-order valence-electron chi connectivity index (χ2n) is 4.83. The Labute approximate surface area is 132 Å². The molecule has 0 bridgehead atoms. The zero-order chi connectivity index (χ0) is 16.2. The molecule has 1 aliphatic heterocycles. The maximum atomic E-state index is 12.0. The van der Waals surface area contributed by atoms with Crippen LogP contribution in [0, 0.1) is 0 Å². The second-order valence-corrected chi connectivity index (χ2v) is 4.83. The Kier molecular flexibility index (Phi) is 4.01. The van der Waals surface area contributed by atoms with Crippen molar-refractivity contribution in [2.75, 3.05) is 0 Å². The lowest BCUT2D eigenvalue weighted by Gasteiger charge is -2.04. The van der Waals surface area contributed by atoms with Gasteiger partial charge in [0.05, 0.1) is 0 Å². The summed E-state index contributed by atoms with van der Waals surface area (Å²) in [5.74, 6) is -0.352. The van der Waals surface area contributed by atoms with Crippen LogP contribution in [-0.2, 0) is 14.3 Å². The lowest BCUT2D eigenvalue weighted by atomic mass is 10.1. The average Bonchev–Trinajstić information content (AvgIpc) is 2.91. The van der Waals surface area contributed by atoms with Gasteiger partial charge in [-0.2, -0.15) is 0 Å². The molecule has 2 aromatic carbocycles. The van der Waals surface area contributed by atoms with E-state index < -0.39 is 11.9 Å². The van der Waals surface area contributed by atoms with Crippen molar-refractivity contribution in [2.24, 2.45) is 4.99 Å². The monoisotopic (exact) mass is 307 g/mol. The van der Waals surface area contributed by atoms with E-state index in [-0.39, 0.29) is 11.6 Å². The lowest BCUT2D eigenvalue weighted by molar-refractivity contribution is -0.132. The number of cyclic esters (lactones) is 1. The van der Waals surface area contributed by atoms with Gasteiger partial charge in [-0.15, -0.1) is 0 Å². The van der Waals surface area contributed by atoms with Gasteiger partial charge in [0.25, 0.3) is 0 Å². The van der Waals surface area contributed by atoms with Crippen LogP contribution in [0.15, 0.2) is 65.3 Å². The number of benzene rings is 2. The third-order valence-electron chi connectivity index (χ3n) is 3.11. The van der Waals surface area contributed by atoms with Crippen molar-refractivity contribution >= 4 is 23.9 Å². The molecule has 114 valence electrons. The number of hydrogen-bond donors (Lipinski definition) is 0. The van der Waals surface area contributed by atoms with Crippen molar-refractivity contribution < 1.29 is 19.1 Å². The second kappa shape index (κ2) is 6.27. The van der Waals surface area contributed by atoms with E-state index in [0.29, 0.717) is 11.3 Å². The molecule has 0 aromatic heterocycles. The van der Waals surface area contributed by atoms with Gasteiger partial charge >= 0.3 is 11.9 Å². The van der Waals surface area contributed by atoms with Crippen molar-refractivity contribution in [3.8, 4) is 5.75 Å². The molecule has 0 radical (unpaired) electrons. The fraction of sp³-hybridized carbons (Fsp3) is 0.0556. The van der Waals surface area contributed by atoms with E-state index >= 15 is 0 Å². The van der Waals surface area contributed by atoms with Gasteiger partial charge < -0.3 is 9.47 Å². The molecule has 1 aliphatic rings. The van der Waals surface area contributed by atoms with Crippen molar-refractivity contribution in [3.05, 3.63) is 71.4 Å². The molecule has 0 unspecified atom stereocenters. The minimum atomic E-state index is -0.540.